The first-order valence-corrected chi connectivity index (χ1v) is 10.3. The minimum Gasteiger partial charge on any atom is -0.378 e. The van der Waals surface area contributed by atoms with Crippen LogP contribution in [0.1, 0.15) is 18.4 Å². The zero-order valence-electron chi connectivity index (χ0n) is 16.9. The Kier molecular flexibility index (Phi) is 6.24. The third-order valence-corrected chi connectivity index (χ3v) is 5.51. The molecule has 4 rings (SSSR count). The van der Waals surface area contributed by atoms with Crippen LogP contribution in [0.2, 0.25) is 0 Å². The number of nitro groups is 1. The third-order valence-electron chi connectivity index (χ3n) is 5.51. The summed E-state index contributed by atoms with van der Waals surface area (Å²) in [6, 6.07) is 10.4. The maximum atomic E-state index is 11.5. The smallest absolute Gasteiger partial charge is 0.353 e. The molecule has 3 heterocycles. The fraction of sp³-hybridized carbons (Fsp3) is 0.500. The van der Waals surface area contributed by atoms with E-state index < -0.39 is 4.92 Å². The van der Waals surface area contributed by atoms with Gasteiger partial charge in [-0.1, -0.05) is 30.3 Å². The lowest BCUT2D eigenvalue weighted by Gasteiger charge is -2.34. The molecule has 10 heteroatoms. The van der Waals surface area contributed by atoms with Gasteiger partial charge in [0.1, 0.15) is 0 Å². The van der Waals surface area contributed by atoms with Gasteiger partial charge in [0, 0.05) is 45.9 Å². The van der Waals surface area contributed by atoms with Crippen LogP contribution in [0.4, 0.5) is 23.3 Å². The molecular formula is C20H27N7O3. The number of nitrogens with one attached hydrogen (secondary N) is 1. The van der Waals surface area contributed by atoms with E-state index in [1.807, 2.05) is 23.1 Å². The molecule has 0 aliphatic carbocycles. The molecule has 0 spiro atoms. The predicted octanol–water partition coefficient (Wildman–Crippen LogP) is 1.88. The third kappa shape index (κ3) is 4.77. The highest BCUT2D eigenvalue weighted by atomic mass is 16.6. The van der Waals surface area contributed by atoms with Crippen molar-refractivity contribution >= 4 is 23.3 Å². The first-order chi connectivity index (χ1) is 14.6. The van der Waals surface area contributed by atoms with Gasteiger partial charge in [-0.2, -0.15) is 9.97 Å². The topological polar surface area (TPSA) is 123 Å². The minimum atomic E-state index is -0.533. The summed E-state index contributed by atoms with van der Waals surface area (Å²) in [6.07, 6.45) is 1.96. The van der Waals surface area contributed by atoms with Crippen LogP contribution in [0.15, 0.2) is 30.3 Å². The summed E-state index contributed by atoms with van der Waals surface area (Å²) in [6.45, 7) is 5.25. The number of anilines is 3. The number of nitrogen functional groups attached to an aromatic ring is 1. The van der Waals surface area contributed by atoms with Gasteiger partial charge in [-0.15, -0.1) is 0 Å². The number of ether oxygens (including phenoxy) is 1. The number of benzene rings is 1. The largest absolute Gasteiger partial charge is 0.378 e. The number of hydrogen-bond donors (Lipinski definition) is 2. The van der Waals surface area contributed by atoms with E-state index in [9.17, 15) is 10.1 Å². The lowest BCUT2D eigenvalue weighted by molar-refractivity contribution is -0.383. The fourth-order valence-electron chi connectivity index (χ4n) is 3.87. The van der Waals surface area contributed by atoms with Crippen molar-refractivity contribution in [2.45, 2.75) is 25.5 Å². The zero-order chi connectivity index (χ0) is 20.9. The molecule has 160 valence electrons. The predicted molar refractivity (Wildman–Crippen MR) is 114 cm³/mol. The summed E-state index contributed by atoms with van der Waals surface area (Å²) >= 11 is 0. The van der Waals surface area contributed by atoms with Crippen molar-refractivity contribution in [2.75, 3.05) is 55.3 Å². The van der Waals surface area contributed by atoms with Crippen molar-refractivity contribution in [3.63, 3.8) is 0 Å². The van der Waals surface area contributed by atoms with Gasteiger partial charge in [-0.05, 0) is 18.4 Å². The van der Waals surface area contributed by atoms with Crippen LogP contribution in [0, 0.1) is 10.1 Å². The SMILES string of the molecule is Nc1nc(N2CCN(Cc3ccccc3)CC2)nc(NCC2CCCO2)c1[N+](=O)[O-]. The number of nitrogens with zero attached hydrogens (tertiary/aromatic N) is 5. The summed E-state index contributed by atoms with van der Waals surface area (Å²) in [5.41, 5.74) is 6.94. The van der Waals surface area contributed by atoms with Crippen molar-refractivity contribution < 1.29 is 9.66 Å². The molecule has 10 nitrogen and oxygen atoms in total. The Morgan fingerprint density at radius 3 is 2.63 bits per heavy atom. The minimum absolute atomic E-state index is 0.0331. The van der Waals surface area contributed by atoms with Gasteiger partial charge in [0.15, 0.2) is 0 Å². The number of piperazine rings is 1. The standard InChI is InChI=1S/C20H27N7O3/c21-18-17(27(28)29)19(22-13-16-7-4-12-30-16)24-20(23-18)26-10-8-25(9-11-26)14-15-5-2-1-3-6-15/h1-3,5-6,16H,4,7-14H2,(H3,21,22,23,24). The molecule has 3 N–H and O–H groups in total. The molecule has 2 saturated heterocycles. The Morgan fingerprint density at radius 2 is 1.97 bits per heavy atom. The van der Waals surface area contributed by atoms with Gasteiger partial charge in [-0.25, -0.2) is 0 Å². The van der Waals surface area contributed by atoms with E-state index >= 15 is 0 Å². The van der Waals surface area contributed by atoms with E-state index in [0.717, 1.165) is 52.2 Å². The molecule has 2 aliphatic rings. The van der Waals surface area contributed by atoms with E-state index in [0.29, 0.717) is 12.5 Å². The van der Waals surface area contributed by atoms with Crippen LogP contribution in [0.3, 0.4) is 0 Å². The molecule has 1 unspecified atom stereocenters. The summed E-state index contributed by atoms with van der Waals surface area (Å²) in [5.74, 6) is 0.462. The van der Waals surface area contributed by atoms with Crippen molar-refractivity contribution in [3.05, 3.63) is 46.0 Å². The summed E-state index contributed by atoms with van der Waals surface area (Å²) in [5, 5.41) is 14.6. The molecule has 2 aliphatic heterocycles. The summed E-state index contributed by atoms with van der Waals surface area (Å²) in [7, 11) is 0. The summed E-state index contributed by atoms with van der Waals surface area (Å²) < 4.78 is 5.59. The number of rotatable bonds is 7. The maximum Gasteiger partial charge on any atom is 0.353 e. The second-order valence-corrected chi connectivity index (χ2v) is 7.63. The van der Waals surface area contributed by atoms with E-state index in [4.69, 9.17) is 10.5 Å². The lowest BCUT2D eigenvalue weighted by atomic mass is 10.2. The molecule has 1 aromatic carbocycles. The second-order valence-electron chi connectivity index (χ2n) is 7.63. The normalized spacial score (nSPS) is 19.7. The highest BCUT2D eigenvalue weighted by Gasteiger charge is 2.27. The second kappa shape index (κ2) is 9.23. The zero-order valence-corrected chi connectivity index (χ0v) is 16.9. The average Bonchev–Trinajstić information content (AvgIpc) is 3.26. The Hall–Kier alpha value is -2.98. The van der Waals surface area contributed by atoms with E-state index in [1.54, 1.807) is 0 Å². The van der Waals surface area contributed by atoms with Crippen LogP contribution >= 0.6 is 0 Å². The van der Waals surface area contributed by atoms with Crippen LogP contribution in [0.5, 0.6) is 0 Å². The summed E-state index contributed by atoms with van der Waals surface area (Å²) in [4.78, 5) is 24.0. The van der Waals surface area contributed by atoms with Gasteiger partial charge in [-0.3, -0.25) is 15.0 Å². The maximum absolute atomic E-state index is 11.5. The molecule has 0 bridgehead atoms. The monoisotopic (exact) mass is 413 g/mol. The quantitative estimate of drug-likeness (QED) is 0.517. The van der Waals surface area contributed by atoms with Crippen molar-refractivity contribution in [2.24, 2.45) is 0 Å². The van der Waals surface area contributed by atoms with Crippen LogP contribution in [-0.4, -0.2) is 65.2 Å². The van der Waals surface area contributed by atoms with Gasteiger partial charge >= 0.3 is 5.69 Å². The molecule has 0 saturated carbocycles. The van der Waals surface area contributed by atoms with E-state index in [2.05, 4.69) is 32.3 Å². The first kappa shape index (κ1) is 20.3. The fourth-order valence-corrected chi connectivity index (χ4v) is 3.87. The number of nitrogens with two attached hydrogens (primary N) is 1. The van der Waals surface area contributed by atoms with Gasteiger partial charge < -0.3 is 20.7 Å². The Labute approximate surface area is 175 Å². The van der Waals surface area contributed by atoms with E-state index in [-0.39, 0.29) is 23.4 Å². The Bertz CT molecular complexity index is 866. The lowest BCUT2D eigenvalue weighted by Crippen LogP contribution is -2.46. The molecule has 1 aromatic heterocycles. The molecule has 1 atom stereocenters. The molecule has 2 aromatic rings. The number of hydrogen-bond acceptors (Lipinski definition) is 9. The molecule has 2 fully saturated rings. The first-order valence-electron chi connectivity index (χ1n) is 10.3. The average molecular weight is 413 g/mol. The highest BCUT2D eigenvalue weighted by molar-refractivity contribution is 5.70. The van der Waals surface area contributed by atoms with Crippen LogP contribution in [0.25, 0.3) is 0 Å². The molecule has 0 radical (unpaired) electrons. The van der Waals surface area contributed by atoms with Crippen molar-refractivity contribution in [1.82, 2.24) is 14.9 Å². The van der Waals surface area contributed by atoms with E-state index in [1.165, 1.54) is 5.56 Å². The van der Waals surface area contributed by atoms with Gasteiger partial charge in [0.25, 0.3) is 0 Å². The van der Waals surface area contributed by atoms with Crippen molar-refractivity contribution in [3.8, 4) is 0 Å². The van der Waals surface area contributed by atoms with Crippen LogP contribution < -0.4 is 16.0 Å². The molecule has 0 amide bonds. The molecular weight excluding hydrogens is 386 g/mol. The van der Waals surface area contributed by atoms with Crippen molar-refractivity contribution in [1.29, 1.82) is 0 Å². The van der Waals surface area contributed by atoms with Gasteiger partial charge in [0.05, 0.1) is 11.0 Å². The number of aromatic nitrogens is 2. The molecule has 30 heavy (non-hydrogen) atoms. The van der Waals surface area contributed by atoms with Gasteiger partial charge in [0.2, 0.25) is 17.6 Å². The Morgan fingerprint density at radius 1 is 1.20 bits per heavy atom. The Balaban J connectivity index is 1.43. The highest BCUT2D eigenvalue weighted by Crippen LogP contribution is 2.30. The van der Waals surface area contributed by atoms with Crippen LogP contribution in [-0.2, 0) is 11.3 Å².